The van der Waals surface area contributed by atoms with Crippen LogP contribution in [-0.4, -0.2) is 71.7 Å². The summed E-state index contributed by atoms with van der Waals surface area (Å²) in [6.07, 6.45) is 2.74. The Balaban J connectivity index is 1.23. The highest BCUT2D eigenvalue weighted by Gasteiger charge is 2.25. The number of hydrogen-bond donors (Lipinski definition) is 1. The molecule has 1 saturated heterocycles. The first kappa shape index (κ1) is 21.9. The first-order chi connectivity index (χ1) is 15.7. The summed E-state index contributed by atoms with van der Waals surface area (Å²) in [5.74, 6) is 1.34. The molecule has 170 valence electrons. The van der Waals surface area contributed by atoms with Gasteiger partial charge in [0, 0.05) is 58.8 Å². The van der Waals surface area contributed by atoms with Gasteiger partial charge in [-0.25, -0.2) is 0 Å². The lowest BCUT2D eigenvalue weighted by Gasteiger charge is -2.36. The van der Waals surface area contributed by atoms with Crippen molar-refractivity contribution in [3.05, 3.63) is 59.5 Å². The molecule has 2 aromatic rings. The Morgan fingerprint density at radius 1 is 0.969 bits per heavy atom. The molecule has 2 amide bonds. The van der Waals surface area contributed by atoms with Crippen molar-refractivity contribution in [3.63, 3.8) is 0 Å². The lowest BCUT2D eigenvalue weighted by atomic mass is 10.1. The zero-order valence-electron chi connectivity index (χ0n) is 18.6. The maximum absolute atomic E-state index is 12.6. The molecule has 1 aromatic heterocycles. The fourth-order valence-corrected chi connectivity index (χ4v) is 4.19. The van der Waals surface area contributed by atoms with Gasteiger partial charge >= 0.3 is 0 Å². The SMILES string of the molecule is CCNC(=NCCCC(=O)N1Cc2ccccc2C1)N1CCN(C(=O)c2ccco2)CC1. The second kappa shape index (κ2) is 10.3. The molecular weight excluding hydrogens is 406 g/mol. The molecule has 8 heteroatoms. The lowest BCUT2D eigenvalue weighted by molar-refractivity contribution is -0.131. The van der Waals surface area contributed by atoms with E-state index in [0.29, 0.717) is 58.0 Å². The molecule has 0 radical (unpaired) electrons. The molecule has 0 aliphatic carbocycles. The van der Waals surface area contributed by atoms with E-state index < -0.39 is 0 Å². The van der Waals surface area contributed by atoms with Crippen molar-refractivity contribution in [2.24, 2.45) is 4.99 Å². The average Bonchev–Trinajstić information content (AvgIpc) is 3.51. The van der Waals surface area contributed by atoms with Gasteiger partial charge in [0.2, 0.25) is 5.91 Å². The normalized spacial score (nSPS) is 16.3. The molecule has 1 aromatic carbocycles. The number of benzene rings is 1. The number of nitrogens with one attached hydrogen (secondary N) is 1. The molecule has 0 unspecified atom stereocenters. The van der Waals surface area contributed by atoms with Crippen LogP contribution < -0.4 is 5.32 Å². The molecule has 4 rings (SSSR count). The van der Waals surface area contributed by atoms with Crippen molar-refractivity contribution in [2.45, 2.75) is 32.9 Å². The summed E-state index contributed by atoms with van der Waals surface area (Å²) in [5.41, 5.74) is 2.50. The van der Waals surface area contributed by atoms with Gasteiger partial charge in [-0.1, -0.05) is 24.3 Å². The molecular formula is C24H31N5O3. The zero-order chi connectivity index (χ0) is 22.3. The summed E-state index contributed by atoms with van der Waals surface area (Å²) in [6, 6.07) is 11.7. The summed E-state index contributed by atoms with van der Waals surface area (Å²) in [7, 11) is 0. The predicted molar refractivity (Wildman–Crippen MR) is 122 cm³/mol. The van der Waals surface area contributed by atoms with Crippen LogP contribution in [0.1, 0.15) is 41.4 Å². The highest BCUT2D eigenvalue weighted by molar-refractivity contribution is 5.91. The van der Waals surface area contributed by atoms with Crippen LogP contribution in [0.15, 0.2) is 52.1 Å². The fraction of sp³-hybridized carbons (Fsp3) is 0.458. The van der Waals surface area contributed by atoms with Crippen LogP contribution >= 0.6 is 0 Å². The lowest BCUT2D eigenvalue weighted by Crippen LogP contribution is -2.53. The Kier molecular flexibility index (Phi) is 7.09. The van der Waals surface area contributed by atoms with Crippen molar-refractivity contribution in [1.29, 1.82) is 0 Å². The van der Waals surface area contributed by atoms with E-state index in [2.05, 4.69) is 22.3 Å². The molecule has 0 bridgehead atoms. The first-order valence-corrected chi connectivity index (χ1v) is 11.4. The Hall–Kier alpha value is -3.29. The Morgan fingerprint density at radius 3 is 2.28 bits per heavy atom. The van der Waals surface area contributed by atoms with E-state index in [-0.39, 0.29) is 11.8 Å². The largest absolute Gasteiger partial charge is 0.459 e. The summed E-state index contributed by atoms with van der Waals surface area (Å²) >= 11 is 0. The molecule has 2 aliphatic heterocycles. The van der Waals surface area contributed by atoms with Gasteiger partial charge in [-0.15, -0.1) is 0 Å². The minimum absolute atomic E-state index is 0.0702. The highest BCUT2D eigenvalue weighted by atomic mass is 16.3. The standard InChI is InChI=1S/C24H31N5O3/c1-2-25-24(28-14-12-27(13-15-28)23(31)21-9-6-16-32-21)26-11-5-10-22(30)29-17-19-7-3-4-8-20(19)18-29/h3-4,6-9,16H,2,5,10-15,17-18H2,1H3,(H,25,26). The molecule has 0 saturated carbocycles. The minimum atomic E-state index is -0.0702. The average molecular weight is 438 g/mol. The van der Waals surface area contributed by atoms with Gasteiger partial charge in [-0.05, 0) is 36.6 Å². The summed E-state index contributed by atoms with van der Waals surface area (Å²) in [6.45, 7) is 7.50. The second-order valence-electron chi connectivity index (χ2n) is 8.11. The maximum atomic E-state index is 12.6. The second-order valence-corrected chi connectivity index (χ2v) is 8.11. The minimum Gasteiger partial charge on any atom is -0.459 e. The van der Waals surface area contributed by atoms with Gasteiger partial charge in [0.1, 0.15) is 0 Å². The van der Waals surface area contributed by atoms with Gasteiger partial charge in [0.15, 0.2) is 11.7 Å². The van der Waals surface area contributed by atoms with Crippen molar-refractivity contribution in [1.82, 2.24) is 20.0 Å². The number of carbonyl (C=O) groups is 2. The number of carbonyl (C=O) groups excluding carboxylic acids is 2. The van der Waals surface area contributed by atoms with E-state index >= 15 is 0 Å². The number of hydrogen-bond acceptors (Lipinski definition) is 4. The third-order valence-electron chi connectivity index (χ3n) is 5.94. The molecule has 3 heterocycles. The molecule has 0 spiro atoms. The van der Waals surface area contributed by atoms with Crippen molar-refractivity contribution in [2.75, 3.05) is 39.3 Å². The van der Waals surface area contributed by atoms with Crippen molar-refractivity contribution < 1.29 is 14.0 Å². The van der Waals surface area contributed by atoms with Crippen LogP contribution in [0.3, 0.4) is 0 Å². The van der Waals surface area contributed by atoms with Crippen molar-refractivity contribution in [3.8, 4) is 0 Å². The molecule has 8 nitrogen and oxygen atoms in total. The van der Waals surface area contributed by atoms with Gasteiger partial charge in [-0.3, -0.25) is 14.6 Å². The Morgan fingerprint density at radius 2 is 1.66 bits per heavy atom. The van der Waals surface area contributed by atoms with Crippen LogP contribution in [0.2, 0.25) is 0 Å². The van der Waals surface area contributed by atoms with E-state index in [1.165, 1.54) is 17.4 Å². The predicted octanol–water partition coefficient (Wildman–Crippen LogP) is 2.33. The fourth-order valence-electron chi connectivity index (χ4n) is 4.19. The number of piperazine rings is 1. The molecule has 1 N–H and O–H groups in total. The molecule has 1 fully saturated rings. The van der Waals surface area contributed by atoms with Crippen LogP contribution in [0, 0.1) is 0 Å². The van der Waals surface area contributed by atoms with Crippen molar-refractivity contribution >= 4 is 17.8 Å². The monoisotopic (exact) mass is 437 g/mol. The molecule has 2 aliphatic rings. The van der Waals surface area contributed by atoms with Gasteiger partial charge < -0.3 is 24.4 Å². The van der Waals surface area contributed by atoms with E-state index in [4.69, 9.17) is 9.41 Å². The smallest absolute Gasteiger partial charge is 0.289 e. The third-order valence-corrected chi connectivity index (χ3v) is 5.94. The number of aliphatic imine (C=N–C) groups is 1. The summed E-state index contributed by atoms with van der Waals surface area (Å²) in [4.78, 5) is 35.7. The number of fused-ring (bicyclic) bond motifs is 1. The maximum Gasteiger partial charge on any atom is 0.289 e. The number of furan rings is 1. The number of amides is 2. The third kappa shape index (κ3) is 5.12. The summed E-state index contributed by atoms with van der Waals surface area (Å²) < 4.78 is 5.23. The summed E-state index contributed by atoms with van der Waals surface area (Å²) in [5, 5.41) is 3.34. The van der Waals surface area contributed by atoms with E-state index in [9.17, 15) is 9.59 Å². The van der Waals surface area contributed by atoms with Crippen LogP contribution in [0.4, 0.5) is 0 Å². The van der Waals surface area contributed by atoms with Crippen LogP contribution in [0.25, 0.3) is 0 Å². The molecule has 32 heavy (non-hydrogen) atoms. The Bertz CT molecular complexity index is 923. The number of rotatable bonds is 6. The zero-order valence-corrected chi connectivity index (χ0v) is 18.6. The topological polar surface area (TPSA) is 81.4 Å². The number of guanidine groups is 1. The van der Waals surface area contributed by atoms with Gasteiger partial charge in [0.25, 0.3) is 5.91 Å². The first-order valence-electron chi connectivity index (χ1n) is 11.4. The van der Waals surface area contributed by atoms with E-state index in [0.717, 1.165) is 18.9 Å². The van der Waals surface area contributed by atoms with E-state index in [1.807, 2.05) is 28.9 Å². The number of nitrogens with zero attached hydrogens (tertiary/aromatic N) is 4. The van der Waals surface area contributed by atoms with Gasteiger partial charge in [0.05, 0.1) is 6.26 Å². The van der Waals surface area contributed by atoms with Crippen LogP contribution in [-0.2, 0) is 17.9 Å². The Labute approximate surface area is 188 Å². The highest BCUT2D eigenvalue weighted by Crippen LogP contribution is 2.23. The van der Waals surface area contributed by atoms with Gasteiger partial charge in [-0.2, -0.15) is 0 Å². The van der Waals surface area contributed by atoms with E-state index in [1.54, 1.807) is 12.1 Å². The quantitative estimate of drug-likeness (QED) is 0.426. The molecule has 0 atom stereocenters. The van der Waals surface area contributed by atoms with Crippen LogP contribution in [0.5, 0.6) is 0 Å².